The number of carbonyl (C=O) groups is 1. The number of aliphatic hydroxyl groups excluding tert-OH is 1. The summed E-state index contributed by atoms with van der Waals surface area (Å²) in [7, 11) is 0. The van der Waals surface area contributed by atoms with Crippen molar-refractivity contribution < 1.29 is 24.3 Å². The zero-order valence-corrected chi connectivity index (χ0v) is 16.5. The van der Waals surface area contributed by atoms with Crippen molar-refractivity contribution in [3.05, 3.63) is 11.6 Å². The fourth-order valence-corrected chi connectivity index (χ4v) is 6.16. The number of ether oxygens (including phenoxy) is 2. The van der Waals surface area contributed by atoms with Crippen molar-refractivity contribution in [1.82, 2.24) is 0 Å². The third-order valence-corrected chi connectivity index (χ3v) is 7.70. The molecule has 0 aromatic carbocycles. The molecular formula is C21H34NO4+. The first kappa shape index (κ1) is 18.5. The molecule has 0 spiro atoms. The highest BCUT2D eigenvalue weighted by Crippen LogP contribution is 2.55. The molecule has 0 aromatic heterocycles. The Morgan fingerprint density at radius 3 is 2.65 bits per heavy atom. The Balaban J connectivity index is 1.57. The van der Waals surface area contributed by atoms with Gasteiger partial charge in [0.1, 0.15) is 37.3 Å². The molecule has 26 heavy (non-hydrogen) atoms. The molecule has 4 rings (SSSR count). The Hall–Kier alpha value is -0.910. The summed E-state index contributed by atoms with van der Waals surface area (Å²) in [5.41, 5.74) is 1.09. The highest BCUT2D eigenvalue weighted by Gasteiger charge is 2.60. The number of aliphatic hydroxyl groups is 1. The van der Waals surface area contributed by atoms with Crippen LogP contribution in [0.5, 0.6) is 0 Å². The van der Waals surface area contributed by atoms with Gasteiger partial charge in [-0.25, -0.2) is 0 Å². The van der Waals surface area contributed by atoms with Gasteiger partial charge in [-0.15, -0.1) is 0 Å². The molecule has 0 aromatic rings. The fraction of sp³-hybridized carbons (Fsp3) is 0.857. The smallest absolute Gasteiger partial charge is 0.315 e. The van der Waals surface area contributed by atoms with E-state index in [-0.39, 0.29) is 41.5 Å². The molecule has 1 unspecified atom stereocenters. The molecule has 2 N–H and O–H groups in total. The minimum Gasteiger partial charge on any atom is -0.461 e. The number of rotatable bonds is 2. The lowest BCUT2D eigenvalue weighted by atomic mass is 9.55. The van der Waals surface area contributed by atoms with E-state index in [1.807, 2.05) is 0 Å². The minimum absolute atomic E-state index is 0.0776. The first-order valence-corrected chi connectivity index (χ1v) is 10.4. The third-order valence-electron chi connectivity index (χ3n) is 7.70. The number of carbonyl (C=O) groups excluding carboxylic acids is 1. The van der Waals surface area contributed by atoms with Crippen molar-refractivity contribution in [2.45, 2.75) is 71.4 Å². The van der Waals surface area contributed by atoms with Crippen molar-refractivity contribution in [1.29, 1.82) is 0 Å². The number of fused-ring (bicyclic) bond motifs is 2. The summed E-state index contributed by atoms with van der Waals surface area (Å²) in [6.07, 6.45) is 5.04. The Labute approximate surface area is 156 Å². The van der Waals surface area contributed by atoms with Crippen LogP contribution in [0.3, 0.4) is 0 Å². The lowest BCUT2D eigenvalue weighted by Gasteiger charge is -2.51. The second kappa shape index (κ2) is 6.61. The number of esters is 1. The summed E-state index contributed by atoms with van der Waals surface area (Å²) in [6, 6.07) is 0. The van der Waals surface area contributed by atoms with Gasteiger partial charge in [-0.3, -0.25) is 4.79 Å². The van der Waals surface area contributed by atoms with Crippen LogP contribution in [-0.4, -0.2) is 55.1 Å². The standard InChI is InChI=1S/C21H33NO4/c1-12-6-5-7-15-8-17-18(19(23)21(12,15)4)16(20(24)26-17)11-22-9-13(2)25-14(3)10-22/h7,12-14,16-19,23H,5-6,8-11H2,1-4H3/p+1/t12-,13-,14+,16-,17-,18-,19+,21-/m1/s1. The van der Waals surface area contributed by atoms with Gasteiger partial charge < -0.3 is 19.5 Å². The molecule has 5 nitrogen and oxygen atoms in total. The monoisotopic (exact) mass is 364 g/mol. The summed E-state index contributed by atoms with van der Waals surface area (Å²) in [4.78, 5) is 14.1. The summed E-state index contributed by atoms with van der Waals surface area (Å²) >= 11 is 0. The molecule has 0 bridgehead atoms. The van der Waals surface area contributed by atoms with Gasteiger partial charge in [0, 0.05) is 17.8 Å². The quantitative estimate of drug-likeness (QED) is 0.566. The molecule has 0 radical (unpaired) electrons. The van der Waals surface area contributed by atoms with Gasteiger partial charge in [-0.1, -0.05) is 25.5 Å². The molecule has 3 fully saturated rings. The van der Waals surface area contributed by atoms with Crippen LogP contribution in [0.1, 0.15) is 47.0 Å². The summed E-state index contributed by atoms with van der Waals surface area (Å²) in [5, 5.41) is 11.4. The molecule has 1 saturated carbocycles. The zero-order chi connectivity index (χ0) is 18.6. The van der Waals surface area contributed by atoms with Crippen molar-refractivity contribution in [3.8, 4) is 0 Å². The van der Waals surface area contributed by atoms with Crippen LogP contribution < -0.4 is 4.90 Å². The maximum Gasteiger partial charge on any atom is 0.315 e. The van der Waals surface area contributed by atoms with Gasteiger partial charge in [-0.05, 0) is 32.6 Å². The SMILES string of the molecule is C[C@@H]1C[NH+](C[C@H]2C(=O)O[C@@H]3CC4=CCC[C@@H](C)[C@@]4(C)[C@@H](O)[C@@H]32)C[C@H](C)O1. The minimum atomic E-state index is -0.505. The Bertz CT molecular complexity index is 595. The number of allylic oxidation sites excluding steroid dienone is 1. The van der Waals surface area contributed by atoms with Crippen LogP contribution in [0.4, 0.5) is 0 Å². The van der Waals surface area contributed by atoms with E-state index in [4.69, 9.17) is 9.47 Å². The molecule has 0 amide bonds. The summed E-state index contributed by atoms with van der Waals surface area (Å²) in [5.74, 6) is 0.0561. The predicted octanol–water partition coefficient (Wildman–Crippen LogP) is 0.964. The maximum absolute atomic E-state index is 12.7. The van der Waals surface area contributed by atoms with E-state index >= 15 is 0 Å². The lowest BCUT2D eigenvalue weighted by Crippen LogP contribution is -3.16. The summed E-state index contributed by atoms with van der Waals surface area (Å²) in [6.45, 7) is 11.2. The normalized spacial score (nSPS) is 51.3. The Morgan fingerprint density at radius 2 is 1.96 bits per heavy atom. The van der Waals surface area contributed by atoms with E-state index in [0.29, 0.717) is 5.92 Å². The Morgan fingerprint density at radius 1 is 1.27 bits per heavy atom. The van der Waals surface area contributed by atoms with Crippen molar-refractivity contribution in [2.24, 2.45) is 23.2 Å². The molecule has 2 heterocycles. The molecule has 4 aliphatic rings. The summed E-state index contributed by atoms with van der Waals surface area (Å²) < 4.78 is 11.6. The highest BCUT2D eigenvalue weighted by atomic mass is 16.6. The predicted molar refractivity (Wildman–Crippen MR) is 97.6 cm³/mol. The number of morpholine rings is 1. The van der Waals surface area contributed by atoms with Gasteiger partial charge in [0.15, 0.2) is 0 Å². The van der Waals surface area contributed by atoms with E-state index in [0.717, 1.165) is 38.9 Å². The molecule has 2 aliphatic heterocycles. The van der Waals surface area contributed by atoms with Crippen molar-refractivity contribution in [2.75, 3.05) is 19.6 Å². The molecule has 9 atom stereocenters. The number of hydrogen-bond acceptors (Lipinski definition) is 4. The largest absolute Gasteiger partial charge is 0.461 e. The Kier molecular flexibility index (Phi) is 4.69. The van der Waals surface area contributed by atoms with Crippen LogP contribution in [-0.2, 0) is 14.3 Å². The molecule has 2 aliphatic carbocycles. The average Bonchev–Trinajstić information content (AvgIpc) is 2.85. The maximum atomic E-state index is 12.7. The first-order chi connectivity index (χ1) is 12.3. The van der Waals surface area contributed by atoms with Crippen LogP contribution in [0.2, 0.25) is 0 Å². The average molecular weight is 365 g/mol. The van der Waals surface area contributed by atoms with Crippen LogP contribution in [0.15, 0.2) is 11.6 Å². The van der Waals surface area contributed by atoms with Gasteiger partial charge in [0.05, 0.1) is 12.6 Å². The van der Waals surface area contributed by atoms with E-state index in [2.05, 4.69) is 33.8 Å². The zero-order valence-electron chi connectivity index (χ0n) is 16.5. The van der Waals surface area contributed by atoms with E-state index < -0.39 is 6.10 Å². The van der Waals surface area contributed by atoms with Crippen molar-refractivity contribution >= 4 is 5.97 Å². The molecule has 2 saturated heterocycles. The fourth-order valence-electron chi connectivity index (χ4n) is 6.16. The number of nitrogens with one attached hydrogen (secondary N) is 1. The second-order valence-corrected chi connectivity index (χ2v) is 9.42. The van der Waals surface area contributed by atoms with E-state index in [1.54, 1.807) is 0 Å². The van der Waals surface area contributed by atoms with E-state index in [9.17, 15) is 9.90 Å². The van der Waals surface area contributed by atoms with E-state index in [1.165, 1.54) is 10.5 Å². The highest BCUT2D eigenvalue weighted by molar-refractivity contribution is 5.76. The molecule has 5 heteroatoms. The van der Waals surface area contributed by atoms with Gasteiger partial charge in [0.2, 0.25) is 0 Å². The van der Waals surface area contributed by atoms with Gasteiger partial charge in [-0.2, -0.15) is 0 Å². The van der Waals surface area contributed by atoms with Crippen molar-refractivity contribution in [3.63, 3.8) is 0 Å². The van der Waals surface area contributed by atoms with Crippen LogP contribution in [0.25, 0.3) is 0 Å². The molecule has 146 valence electrons. The first-order valence-electron chi connectivity index (χ1n) is 10.4. The van der Waals surface area contributed by atoms with Crippen LogP contribution >= 0.6 is 0 Å². The lowest BCUT2D eigenvalue weighted by molar-refractivity contribution is -0.917. The molecular weight excluding hydrogens is 330 g/mol. The van der Waals surface area contributed by atoms with Gasteiger partial charge >= 0.3 is 5.97 Å². The number of hydrogen-bond donors (Lipinski definition) is 2. The van der Waals surface area contributed by atoms with Crippen LogP contribution in [0, 0.1) is 23.2 Å². The second-order valence-electron chi connectivity index (χ2n) is 9.42. The topological polar surface area (TPSA) is 60.2 Å². The number of quaternary nitrogens is 1. The van der Waals surface area contributed by atoms with Gasteiger partial charge in [0.25, 0.3) is 0 Å². The third kappa shape index (κ3) is 2.83.